The summed E-state index contributed by atoms with van der Waals surface area (Å²) in [6, 6.07) is 8.37. The molecule has 1 aromatic carbocycles. The predicted molar refractivity (Wildman–Crippen MR) is 80.2 cm³/mol. The van der Waals surface area contributed by atoms with Gasteiger partial charge in [-0.3, -0.25) is 4.90 Å². The smallest absolute Gasteiger partial charge is 0.248 e. The SMILES string of the molecule is CC1CN(Cc2nnc(-c3ccccc3Br)o2)CCN1. The molecule has 1 aliphatic heterocycles. The Morgan fingerprint density at radius 3 is 3.05 bits per heavy atom. The van der Waals surface area contributed by atoms with Crippen molar-refractivity contribution in [2.24, 2.45) is 0 Å². The molecule has 1 fully saturated rings. The summed E-state index contributed by atoms with van der Waals surface area (Å²) in [6.07, 6.45) is 0. The second-order valence-electron chi connectivity index (χ2n) is 5.07. The number of aromatic nitrogens is 2. The van der Waals surface area contributed by atoms with Crippen molar-refractivity contribution in [3.8, 4) is 11.5 Å². The largest absolute Gasteiger partial charge is 0.419 e. The number of nitrogens with zero attached hydrogens (tertiary/aromatic N) is 3. The van der Waals surface area contributed by atoms with Gasteiger partial charge in [0.2, 0.25) is 11.8 Å². The molecule has 0 spiro atoms. The Morgan fingerprint density at radius 1 is 1.40 bits per heavy atom. The summed E-state index contributed by atoms with van der Waals surface area (Å²) in [5, 5.41) is 11.7. The van der Waals surface area contributed by atoms with Gasteiger partial charge < -0.3 is 9.73 Å². The maximum Gasteiger partial charge on any atom is 0.248 e. The number of hydrogen-bond donors (Lipinski definition) is 1. The summed E-state index contributed by atoms with van der Waals surface area (Å²) < 4.78 is 6.74. The molecule has 0 bridgehead atoms. The summed E-state index contributed by atoms with van der Waals surface area (Å²) in [5.41, 5.74) is 0.930. The monoisotopic (exact) mass is 336 g/mol. The van der Waals surface area contributed by atoms with Crippen molar-refractivity contribution in [1.29, 1.82) is 0 Å². The van der Waals surface area contributed by atoms with Gasteiger partial charge in [0.25, 0.3) is 0 Å². The molecule has 0 amide bonds. The number of piperazine rings is 1. The van der Waals surface area contributed by atoms with Crippen molar-refractivity contribution in [3.63, 3.8) is 0 Å². The molecule has 1 unspecified atom stereocenters. The maximum absolute atomic E-state index is 5.77. The Labute approximate surface area is 126 Å². The number of benzene rings is 1. The second-order valence-corrected chi connectivity index (χ2v) is 5.93. The summed E-state index contributed by atoms with van der Waals surface area (Å²) in [7, 11) is 0. The van der Waals surface area contributed by atoms with Gasteiger partial charge in [-0.1, -0.05) is 12.1 Å². The van der Waals surface area contributed by atoms with Crippen LogP contribution in [0.1, 0.15) is 12.8 Å². The van der Waals surface area contributed by atoms with Crippen LogP contribution in [0.3, 0.4) is 0 Å². The second kappa shape index (κ2) is 6.03. The van der Waals surface area contributed by atoms with Crippen molar-refractivity contribution in [1.82, 2.24) is 20.4 Å². The van der Waals surface area contributed by atoms with Crippen LogP contribution in [-0.4, -0.2) is 40.8 Å². The Morgan fingerprint density at radius 2 is 2.25 bits per heavy atom. The highest BCUT2D eigenvalue weighted by molar-refractivity contribution is 9.10. The van der Waals surface area contributed by atoms with Gasteiger partial charge in [0.15, 0.2) is 0 Å². The van der Waals surface area contributed by atoms with Gasteiger partial charge in [-0.25, -0.2) is 0 Å². The molecule has 1 atom stereocenters. The highest BCUT2D eigenvalue weighted by Crippen LogP contribution is 2.26. The van der Waals surface area contributed by atoms with Gasteiger partial charge in [0.1, 0.15) is 0 Å². The lowest BCUT2D eigenvalue weighted by Gasteiger charge is -2.30. The van der Waals surface area contributed by atoms with Crippen molar-refractivity contribution in [3.05, 3.63) is 34.6 Å². The third-order valence-corrected chi connectivity index (χ3v) is 4.07. The van der Waals surface area contributed by atoms with E-state index in [4.69, 9.17) is 4.42 Å². The molecule has 0 radical (unpaired) electrons. The molecular weight excluding hydrogens is 320 g/mol. The van der Waals surface area contributed by atoms with Crippen molar-refractivity contribution in [2.75, 3.05) is 19.6 Å². The molecule has 6 heteroatoms. The minimum atomic E-state index is 0.509. The third kappa shape index (κ3) is 3.08. The fourth-order valence-corrected chi connectivity index (χ4v) is 2.86. The Balaban J connectivity index is 1.72. The zero-order chi connectivity index (χ0) is 13.9. The maximum atomic E-state index is 5.77. The van der Waals surface area contributed by atoms with Crippen molar-refractivity contribution >= 4 is 15.9 Å². The molecule has 1 aliphatic rings. The zero-order valence-corrected chi connectivity index (χ0v) is 12.9. The first-order valence-corrected chi connectivity index (χ1v) is 7.54. The number of hydrogen-bond acceptors (Lipinski definition) is 5. The molecule has 0 saturated carbocycles. The van der Waals surface area contributed by atoms with Gasteiger partial charge in [0.05, 0.1) is 12.1 Å². The van der Waals surface area contributed by atoms with Crippen LogP contribution in [0.5, 0.6) is 0 Å². The van der Waals surface area contributed by atoms with E-state index in [1.54, 1.807) is 0 Å². The summed E-state index contributed by atoms with van der Waals surface area (Å²) >= 11 is 3.50. The van der Waals surface area contributed by atoms with Crippen molar-refractivity contribution in [2.45, 2.75) is 19.5 Å². The van der Waals surface area contributed by atoms with E-state index in [0.717, 1.165) is 29.7 Å². The summed E-state index contributed by atoms with van der Waals surface area (Å²) in [6.45, 7) is 5.92. The fourth-order valence-electron chi connectivity index (χ4n) is 2.41. The van der Waals surface area contributed by atoms with Gasteiger partial charge in [-0.05, 0) is 35.0 Å². The van der Waals surface area contributed by atoms with Crippen LogP contribution in [0.15, 0.2) is 33.2 Å². The molecule has 1 N–H and O–H groups in total. The van der Waals surface area contributed by atoms with E-state index in [2.05, 4.69) is 43.3 Å². The van der Waals surface area contributed by atoms with E-state index in [-0.39, 0.29) is 0 Å². The first kappa shape index (κ1) is 13.7. The Kier molecular flexibility index (Phi) is 4.14. The number of halogens is 1. The molecule has 2 aromatic rings. The molecule has 0 aliphatic carbocycles. The van der Waals surface area contributed by atoms with Crippen LogP contribution in [0.25, 0.3) is 11.5 Å². The first-order valence-electron chi connectivity index (χ1n) is 6.75. The van der Waals surface area contributed by atoms with Gasteiger partial charge >= 0.3 is 0 Å². The standard InChI is InChI=1S/C14H17BrN4O/c1-10-8-19(7-6-16-10)9-13-17-18-14(20-13)11-4-2-3-5-12(11)15/h2-5,10,16H,6-9H2,1H3. The van der Waals surface area contributed by atoms with Crippen LogP contribution in [0, 0.1) is 0 Å². The molecule has 3 rings (SSSR count). The Hall–Kier alpha value is -1.24. The quantitative estimate of drug-likeness (QED) is 0.931. The Bertz CT molecular complexity index is 586. The van der Waals surface area contributed by atoms with Gasteiger partial charge in [-0.2, -0.15) is 0 Å². The molecule has 2 heterocycles. The van der Waals surface area contributed by atoms with Crippen LogP contribution in [0.2, 0.25) is 0 Å². The van der Waals surface area contributed by atoms with Crippen LogP contribution in [-0.2, 0) is 6.54 Å². The lowest BCUT2D eigenvalue weighted by Crippen LogP contribution is -2.48. The van der Waals surface area contributed by atoms with E-state index >= 15 is 0 Å². The zero-order valence-electron chi connectivity index (χ0n) is 11.3. The average molecular weight is 337 g/mol. The van der Waals surface area contributed by atoms with Gasteiger partial charge in [0, 0.05) is 30.1 Å². The van der Waals surface area contributed by atoms with E-state index in [1.807, 2.05) is 24.3 Å². The fraction of sp³-hybridized carbons (Fsp3) is 0.429. The van der Waals surface area contributed by atoms with Gasteiger partial charge in [-0.15, -0.1) is 10.2 Å². The lowest BCUT2D eigenvalue weighted by atomic mass is 10.2. The molecule has 20 heavy (non-hydrogen) atoms. The highest BCUT2D eigenvalue weighted by atomic mass is 79.9. The summed E-state index contributed by atoms with van der Waals surface area (Å²) in [5.74, 6) is 1.24. The van der Waals surface area contributed by atoms with Crippen LogP contribution >= 0.6 is 15.9 Å². The van der Waals surface area contributed by atoms with Crippen molar-refractivity contribution < 1.29 is 4.42 Å². The van der Waals surface area contributed by atoms with E-state index in [1.165, 1.54) is 0 Å². The number of rotatable bonds is 3. The minimum absolute atomic E-state index is 0.509. The first-order chi connectivity index (χ1) is 9.72. The molecular formula is C14H17BrN4O. The number of nitrogens with one attached hydrogen (secondary N) is 1. The minimum Gasteiger partial charge on any atom is -0.419 e. The van der Waals surface area contributed by atoms with Crippen LogP contribution in [0.4, 0.5) is 0 Å². The molecule has 106 valence electrons. The third-order valence-electron chi connectivity index (χ3n) is 3.38. The van der Waals surface area contributed by atoms with E-state index in [0.29, 0.717) is 24.4 Å². The average Bonchev–Trinajstić information content (AvgIpc) is 2.87. The highest BCUT2D eigenvalue weighted by Gasteiger charge is 2.18. The van der Waals surface area contributed by atoms with Crippen LogP contribution < -0.4 is 5.32 Å². The molecule has 1 saturated heterocycles. The topological polar surface area (TPSA) is 54.2 Å². The lowest BCUT2D eigenvalue weighted by molar-refractivity contribution is 0.184. The predicted octanol–water partition coefficient (Wildman–Crippen LogP) is 2.29. The van der Waals surface area contributed by atoms with E-state index < -0.39 is 0 Å². The summed E-state index contributed by atoms with van der Waals surface area (Å²) in [4.78, 5) is 2.33. The van der Waals surface area contributed by atoms with E-state index in [9.17, 15) is 0 Å². The molecule has 1 aromatic heterocycles. The molecule has 5 nitrogen and oxygen atoms in total. The normalized spacial score (nSPS) is 20.2.